The van der Waals surface area contributed by atoms with Crippen LogP contribution in [0.1, 0.15) is 1.43 Å². The largest absolute Gasteiger partial charge is 1.00 e. The summed E-state index contributed by atoms with van der Waals surface area (Å²) >= 11 is 0. The van der Waals surface area contributed by atoms with E-state index >= 15 is 0 Å². The van der Waals surface area contributed by atoms with Gasteiger partial charge in [0.2, 0.25) is 0 Å². The Morgan fingerprint density at radius 1 is 2.00 bits per heavy atom. The first kappa shape index (κ1) is 8.88. The van der Waals surface area contributed by atoms with Gasteiger partial charge in [-0.25, -0.2) is 0 Å². The maximum Gasteiger partial charge on any atom is 1.00 e. The van der Waals surface area contributed by atoms with Crippen molar-refractivity contribution in [1.29, 1.82) is 0 Å². The molecular weight excluding hydrogens is 63.0 g/mol. The van der Waals surface area contributed by atoms with E-state index in [-0.39, 0.29) is 37.6 Å². The summed E-state index contributed by atoms with van der Waals surface area (Å²) in [4.78, 5) is 0. The van der Waals surface area contributed by atoms with E-state index in [1.165, 1.54) is 0 Å². The number of hydrogen-bond donors (Lipinski definition) is 1. The van der Waals surface area contributed by atoms with Crippen molar-refractivity contribution in [2.45, 2.75) is 0 Å². The van der Waals surface area contributed by atoms with Crippen LogP contribution in [0.3, 0.4) is 0 Å². The van der Waals surface area contributed by atoms with Gasteiger partial charge in [-0.05, 0) is 0 Å². The topological polar surface area (TPSA) is 20.2 Å². The van der Waals surface area contributed by atoms with Crippen LogP contribution in [0.15, 0.2) is 0 Å². The van der Waals surface area contributed by atoms with Crippen molar-refractivity contribution in [2.75, 3.05) is 6.61 Å². The van der Waals surface area contributed by atoms with Gasteiger partial charge in [0.25, 0.3) is 0 Å². The molecule has 0 aromatic rings. The minimum absolute atomic E-state index is 0. The molecule has 0 saturated carbocycles. The van der Waals surface area contributed by atoms with Crippen LogP contribution in [0.4, 0.5) is 0 Å². The molecule has 0 aromatic carbocycles. The molecule has 22 valence electrons. The normalized spacial score (nSPS) is 4.50. The van der Waals surface area contributed by atoms with Gasteiger partial charge in [0, 0.05) is 1.43 Å². The fourth-order valence-electron chi connectivity index (χ4n) is 0. The number of hydrogen-bond acceptors (Lipinski definition) is 1. The molecular formula is C2H7NaO. The first-order chi connectivity index (χ1) is 1.41. The monoisotopic (exact) mass is 70.0 g/mol. The van der Waals surface area contributed by atoms with E-state index in [9.17, 15) is 0 Å². The van der Waals surface area contributed by atoms with Gasteiger partial charge < -0.3 is 12.0 Å². The van der Waals surface area contributed by atoms with Gasteiger partial charge in [0.15, 0.2) is 0 Å². The smallest absolute Gasteiger partial charge is 0.428 e. The van der Waals surface area contributed by atoms with E-state index in [2.05, 4.69) is 6.92 Å². The molecule has 2 heteroatoms. The van der Waals surface area contributed by atoms with E-state index in [1.807, 2.05) is 0 Å². The molecule has 0 fully saturated rings. The molecule has 0 aliphatic rings. The molecule has 4 heavy (non-hydrogen) atoms. The maximum atomic E-state index is 7.46. The molecule has 0 aliphatic heterocycles. The van der Waals surface area contributed by atoms with Crippen molar-refractivity contribution in [3.05, 3.63) is 6.92 Å². The van der Waals surface area contributed by atoms with E-state index in [0.29, 0.717) is 0 Å². The van der Waals surface area contributed by atoms with Crippen molar-refractivity contribution >= 4 is 0 Å². The quantitative estimate of drug-likeness (QED) is 0.239. The van der Waals surface area contributed by atoms with E-state index in [4.69, 9.17) is 5.11 Å². The zero-order valence-corrected chi connectivity index (χ0v) is 4.86. The average Bonchev–Trinajstić information content (AvgIpc) is 0.918. The Bertz CT molecular complexity index is 9.61. The molecule has 0 rings (SSSR count). The summed E-state index contributed by atoms with van der Waals surface area (Å²) in [5.41, 5.74) is 0. The fourth-order valence-corrected chi connectivity index (χ4v) is 0. The first-order valence-electron chi connectivity index (χ1n) is 0.816. The molecule has 1 nitrogen and oxygen atoms in total. The van der Waals surface area contributed by atoms with Crippen LogP contribution in [0, 0.1) is 6.92 Å². The molecule has 0 aromatic heterocycles. The zero-order valence-electron chi connectivity index (χ0n) is 2.86. The predicted octanol–water partition coefficient (Wildman–Crippen LogP) is -2.94. The minimum atomic E-state index is 0. The molecule has 0 bridgehead atoms. The van der Waals surface area contributed by atoms with Crippen LogP contribution in [-0.2, 0) is 0 Å². The Kier molecular flexibility index (Phi) is 20.0. The summed E-state index contributed by atoms with van der Waals surface area (Å²) in [5.74, 6) is 0. The summed E-state index contributed by atoms with van der Waals surface area (Å²) in [5, 5.41) is 7.46. The van der Waals surface area contributed by atoms with Crippen LogP contribution in [-0.4, -0.2) is 11.7 Å². The second-order valence-electron chi connectivity index (χ2n) is 0.224. The standard InChI is InChI=1S/C2H5O.Na.H2/c1-2-3;;/h3H,1-2H2;;1H/q-1;+1;. The van der Waals surface area contributed by atoms with Crippen LogP contribution in [0.5, 0.6) is 0 Å². The summed E-state index contributed by atoms with van der Waals surface area (Å²) < 4.78 is 0. The Morgan fingerprint density at radius 2 is 2.00 bits per heavy atom. The second kappa shape index (κ2) is 9.03. The zero-order chi connectivity index (χ0) is 2.71. The third-order valence-corrected chi connectivity index (χ3v) is 0. The van der Waals surface area contributed by atoms with Crippen molar-refractivity contribution in [1.82, 2.24) is 0 Å². The predicted molar refractivity (Wildman–Crippen MR) is 14.6 cm³/mol. The molecule has 1 N–H and O–H groups in total. The summed E-state index contributed by atoms with van der Waals surface area (Å²) in [6.07, 6.45) is 0. The van der Waals surface area contributed by atoms with E-state index < -0.39 is 0 Å². The summed E-state index contributed by atoms with van der Waals surface area (Å²) in [7, 11) is 0. The molecule has 0 aliphatic carbocycles. The minimum Gasteiger partial charge on any atom is -0.428 e. The molecule has 0 atom stereocenters. The van der Waals surface area contributed by atoms with E-state index in [0.717, 1.165) is 0 Å². The summed E-state index contributed by atoms with van der Waals surface area (Å²) in [6, 6.07) is 0. The van der Waals surface area contributed by atoms with Crippen molar-refractivity contribution in [2.24, 2.45) is 0 Å². The van der Waals surface area contributed by atoms with Gasteiger partial charge in [-0.3, -0.25) is 0 Å². The maximum absolute atomic E-state index is 7.46. The van der Waals surface area contributed by atoms with Gasteiger partial charge in [-0.1, -0.05) is 6.61 Å². The van der Waals surface area contributed by atoms with Crippen molar-refractivity contribution < 1.29 is 36.1 Å². The number of rotatable bonds is 0. The van der Waals surface area contributed by atoms with E-state index in [1.54, 1.807) is 0 Å². The molecule has 0 unspecified atom stereocenters. The van der Waals surface area contributed by atoms with Gasteiger partial charge in [-0.2, -0.15) is 0 Å². The molecule has 0 amide bonds. The molecule has 0 heterocycles. The Hall–Kier alpha value is 0.960. The van der Waals surface area contributed by atoms with Crippen molar-refractivity contribution in [3.8, 4) is 0 Å². The Morgan fingerprint density at radius 3 is 2.00 bits per heavy atom. The van der Waals surface area contributed by atoms with Crippen LogP contribution in [0.25, 0.3) is 0 Å². The number of aliphatic hydroxyl groups is 1. The summed E-state index contributed by atoms with van der Waals surface area (Å²) in [6.45, 7) is 3.04. The third kappa shape index (κ3) is 12.3. The van der Waals surface area contributed by atoms with Gasteiger partial charge in [0.05, 0.1) is 0 Å². The fraction of sp³-hybridized carbons (Fsp3) is 0.500. The molecule has 0 saturated heterocycles. The van der Waals surface area contributed by atoms with Gasteiger partial charge >= 0.3 is 29.6 Å². The van der Waals surface area contributed by atoms with Gasteiger partial charge in [-0.15, -0.1) is 0 Å². The molecule has 0 spiro atoms. The Balaban J connectivity index is -0.0000000200. The van der Waals surface area contributed by atoms with Crippen molar-refractivity contribution in [3.63, 3.8) is 0 Å². The number of aliphatic hydroxyl groups excluding tert-OH is 1. The molecule has 0 radical (unpaired) electrons. The van der Waals surface area contributed by atoms with Crippen LogP contribution < -0.4 is 29.6 Å². The average molecular weight is 70.1 g/mol. The second-order valence-corrected chi connectivity index (χ2v) is 0.224. The Labute approximate surface area is 49.8 Å². The SMILES string of the molecule is [CH2-]CO.[HH].[Na+]. The third-order valence-electron chi connectivity index (χ3n) is 0. The van der Waals surface area contributed by atoms with Crippen LogP contribution in [0.2, 0.25) is 0 Å². The first-order valence-corrected chi connectivity index (χ1v) is 0.816. The van der Waals surface area contributed by atoms with Gasteiger partial charge in [0.1, 0.15) is 0 Å². The van der Waals surface area contributed by atoms with Crippen LogP contribution >= 0.6 is 0 Å².